The second-order valence-electron chi connectivity index (χ2n) is 3.92. The number of piperidine rings is 1. The van der Waals surface area contributed by atoms with Crippen LogP contribution in [0.5, 0.6) is 5.75 Å². The van der Waals surface area contributed by atoms with Crippen molar-refractivity contribution in [3.8, 4) is 5.75 Å². The van der Waals surface area contributed by atoms with Crippen molar-refractivity contribution in [2.45, 2.75) is 25.3 Å². The fourth-order valence-electron chi connectivity index (χ4n) is 2.03. The van der Waals surface area contributed by atoms with Crippen molar-refractivity contribution in [1.29, 1.82) is 0 Å². The topological polar surface area (TPSA) is 32.3 Å². The van der Waals surface area contributed by atoms with Gasteiger partial charge in [-0.3, -0.25) is 0 Å². The highest BCUT2D eigenvalue weighted by molar-refractivity contribution is 5.37. The molecule has 0 unspecified atom stereocenters. The molecule has 1 aromatic carbocycles. The predicted molar refractivity (Wildman–Crippen MR) is 52.6 cm³/mol. The monoisotopic (exact) mass is 231 g/mol. The van der Waals surface area contributed by atoms with Gasteiger partial charge in [-0.2, -0.15) is 0 Å². The molecule has 0 aliphatic carbocycles. The number of hydrogen-bond donors (Lipinski definition) is 2. The number of phenols is 1. The van der Waals surface area contributed by atoms with Gasteiger partial charge in [0.15, 0.2) is 17.5 Å². The zero-order valence-electron chi connectivity index (χ0n) is 8.56. The quantitative estimate of drug-likeness (QED) is 0.728. The van der Waals surface area contributed by atoms with Crippen LogP contribution in [0.3, 0.4) is 0 Å². The molecule has 1 atom stereocenters. The molecule has 2 N–H and O–H groups in total. The first-order valence-corrected chi connectivity index (χ1v) is 5.21. The first-order chi connectivity index (χ1) is 7.61. The van der Waals surface area contributed by atoms with Gasteiger partial charge in [0.05, 0.1) is 0 Å². The third kappa shape index (κ3) is 1.87. The van der Waals surface area contributed by atoms with Gasteiger partial charge in [-0.1, -0.05) is 6.42 Å². The summed E-state index contributed by atoms with van der Waals surface area (Å²) in [6.45, 7) is 0.683. The van der Waals surface area contributed by atoms with Crippen LogP contribution in [0, 0.1) is 17.5 Å². The lowest BCUT2D eigenvalue weighted by molar-refractivity contribution is 0.357. The molecule has 0 amide bonds. The lowest BCUT2D eigenvalue weighted by atomic mass is 9.96. The van der Waals surface area contributed by atoms with E-state index in [4.69, 9.17) is 0 Å². The predicted octanol–water partition coefficient (Wildman–Crippen LogP) is 2.62. The Morgan fingerprint density at radius 1 is 1.19 bits per heavy atom. The average Bonchev–Trinajstić information content (AvgIpc) is 2.28. The molecule has 1 fully saturated rings. The summed E-state index contributed by atoms with van der Waals surface area (Å²) in [5, 5.41) is 12.4. The number of halogens is 3. The van der Waals surface area contributed by atoms with Crippen LogP contribution < -0.4 is 5.32 Å². The number of rotatable bonds is 1. The fraction of sp³-hybridized carbons (Fsp3) is 0.455. The normalized spacial score (nSPS) is 21.1. The number of nitrogens with one attached hydrogen (secondary N) is 1. The Bertz CT molecular complexity index is 403. The number of benzene rings is 1. The highest BCUT2D eigenvalue weighted by Gasteiger charge is 2.26. The number of aromatic hydroxyl groups is 1. The van der Waals surface area contributed by atoms with E-state index in [0.717, 1.165) is 12.8 Å². The summed E-state index contributed by atoms with van der Waals surface area (Å²) >= 11 is 0. The standard InChI is InChI=1S/C11H12F3NO/c12-6-5-8(16)9(11(14)10(6)13)7-3-1-2-4-15-7/h5,7,15-16H,1-4H2/t7-/m0/s1. The van der Waals surface area contributed by atoms with Crippen LogP contribution in [0.25, 0.3) is 0 Å². The summed E-state index contributed by atoms with van der Waals surface area (Å²) in [6, 6.07) is 0.174. The second-order valence-corrected chi connectivity index (χ2v) is 3.92. The van der Waals surface area contributed by atoms with Gasteiger partial charge in [0.25, 0.3) is 0 Å². The van der Waals surface area contributed by atoms with Gasteiger partial charge in [-0.15, -0.1) is 0 Å². The van der Waals surface area contributed by atoms with Crippen LogP contribution in [-0.4, -0.2) is 11.7 Å². The maximum Gasteiger partial charge on any atom is 0.195 e. The van der Waals surface area contributed by atoms with E-state index in [0.29, 0.717) is 19.0 Å². The first kappa shape index (κ1) is 11.3. The Morgan fingerprint density at radius 3 is 2.56 bits per heavy atom. The fourth-order valence-corrected chi connectivity index (χ4v) is 2.03. The summed E-state index contributed by atoms with van der Waals surface area (Å²) in [5.41, 5.74) is -0.168. The van der Waals surface area contributed by atoms with E-state index in [-0.39, 0.29) is 5.56 Å². The van der Waals surface area contributed by atoms with Crippen LogP contribution in [0.1, 0.15) is 30.9 Å². The van der Waals surface area contributed by atoms with Gasteiger partial charge in [-0.05, 0) is 19.4 Å². The molecule has 88 valence electrons. The van der Waals surface area contributed by atoms with Crippen molar-refractivity contribution in [3.63, 3.8) is 0 Å². The van der Waals surface area contributed by atoms with E-state index in [9.17, 15) is 18.3 Å². The zero-order valence-corrected chi connectivity index (χ0v) is 8.56. The van der Waals surface area contributed by atoms with Gasteiger partial charge in [-0.25, -0.2) is 13.2 Å². The molecule has 0 spiro atoms. The van der Waals surface area contributed by atoms with Crippen molar-refractivity contribution in [1.82, 2.24) is 5.32 Å². The maximum atomic E-state index is 13.5. The van der Waals surface area contributed by atoms with E-state index < -0.39 is 29.2 Å². The molecule has 1 heterocycles. The Labute approximate surface area is 91.1 Å². The minimum Gasteiger partial charge on any atom is -0.507 e. The summed E-state index contributed by atoms with van der Waals surface area (Å²) in [5.74, 6) is -4.72. The zero-order chi connectivity index (χ0) is 11.7. The molecule has 16 heavy (non-hydrogen) atoms. The molecule has 0 aromatic heterocycles. The Balaban J connectivity index is 2.42. The second kappa shape index (κ2) is 4.33. The minimum absolute atomic E-state index is 0.168. The Morgan fingerprint density at radius 2 is 1.94 bits per heavy atom. The largest absolute Gasteiger partial charge is 0.507 e. The van der Waals surface area contributed by atoms with Crippen LogP contribution in [0.4, 0.5) is 13.2 Å². The van der Waals surface area contributed by atoms with Gasteiger partial charge >= 0.3 is 0 Å². The summed E-state index contributed by atoms with van der Waals surface area (Å²) in [6.07, 6.45) is 2.44. The van der Waals surface area contributed by atoms with Crippen molar-refractivity contribution in [2.75, 3.05) is 6.54 Å². The van der Waals surface area contributed by atoms with Crippen LogP contribution in [-0.2, 0) is 0 Å². The van der Waals surface area contributed by atoms with Gasteiger partial charge in [0.1, 0.15) is 5.75 Å². The van der Waals surface area contributed by atoms with E-state index in [2.05, 4.69) is 5.32 Å². The first-order valence-electron chi connectivity index (χ1n) is 5.21. The molecule has 1 aliphatic heterocycles. The molecule has 5 heteroatoms. The molecule has 0 saturated carbocycles. The van der Waals surface area contributed by atoms with Gasteiger partial charge in [0, 0.05) is 17.7 Å². The summed E-state index contributed by atoms with van der Waals surface area (Å²) < 4.78 is 39.3. The number of phenolic OH excluding ortho intramolecular Hbond substituents is 1. The Hall–Kier alpha value is -1.23. The highest BCUT2D eigenvalue weighted by Crippen LogP contribution is 2.34. The van der Waals surface area contributed by atoms with Crippen molar-refractivity contribution in [2.24, 2.45) is 0 Å². The third-order valence-electron chi connectivity index (χ3n) is 2.84. The maximum absolute atomic E-state index is 13.5. The summed E-state index contributed by atoms with van der Waals surface area (Å²) in [7, 11) is 0. The highest BCUT2D eigenvalue weighted by atomic mass is 19.2. The molecule has 0 radical (unpaired) electrons. The van der Waals surface area contributed by atoms with Crippen LogP contribution >= 0.6 is 0 Å². The van der Waals surface area contributed by atoms with Crippen molar-refractivity contribution >= 4 is 0 Å². The molecule has 1 saturated heterocycles. The minimum atomic E-state index is -1.53. The third-order valence-corrected chi connectivity index (χ3v) is 2.84. The smallest absolute Gasteiger partial charge is 0.195 e. The van der Waals surface area contributed by atoms with E-state index in [1.807, 2.05) is 0 Å². The van der Waals surface area contributed by atoms with Gasteiger partial charge in [0.2, 0.25) is 0 Å². The van der Waals surface area contributed by atoms with Crippen LogP contribution in [0.15, 0.2) is 6.07 Å². The summed E-state index contributed by atoms with van der Waals surface area (Å²) in [4.78, 5) is 0. The SMILES string of the molecule is Oc1cc(F)c(F)c(F)c1[C@@H]1CCCCN1. The van der Waals surface area contributed by atoms with Gasteiger partial charge < -0.3 is 10.4 Å². The average molecular weight is 231 g/mol. The van der Waals surface area contributed by atoms with Crippen molar-refractivity contribution in [3.05, 3.63) is 29.1 Å². The van der Waals surface area contributed by atoms with Crippen LogP contribution in [0.2, 0.25) is 0 Å². The van der Waals surface area contributed by atoms with E-state index in [1.165, 1.54) is 0 Å². The van der Waals surface area contributed by atoms with E-state index in [1.54, 1.807) is 0 Å². The molecular weight excluding hydrogens is 219 g/mol. The molecular formula is C11H12F3NO. The molecule has 1 aliphatic rings. The molecule has 2 nitrogen and oxygen atoms in total. The Kier molecular flexibility index (Phi) is 3.05. The molecule has 0 bridgehead atoms. The molecule has 2 rings (SSSR count). The van der Waals surface area contributed by atoms with E-state index >= 15 is 0 Å². The number of hydrogen-bond acceptors (Lipinski definition) is 2. The lowest BCUT2D eigenvalue weighted by Crippen LogP contribution is -2.28. The molecule has 1 aromatic rings. The van der Waals surface area contributed by atoms with Crippen molar-refractivity contribution < 1.29 is 18.3 Å². The lowest BCUT2D eigenvalue weighted by Gasteiger charge is -2.25.